The fourth-order valence-corrected chi connectivity index (χ4v) is 0.990. The lowest BCUT2D eigenvalue weighted by atomic mass is 10.4. The minimum Gasteiger partial charge on any atom is -0.465 e. The van der Waals surface area contributed by atoms with Crippen molar-refractivity contribution in [3.05, 3.63) is 18.0 Å². The summed E-state index contributed by atoms with van der Waals surface area (Å²) in [6, 6.07) is 1.43. The summed E-state index contributed by atoms with van der Waals surface area (Å²) in [5.74, 6) is -0.825. The number of carbonyl (C=O) groups is 2. The second kappa shape index (κ2) is 5.14. The van der Waals surface area contributed by atoms with Gasteiger partial charge in [0.1, 0.15) is 12.8 Å². The maximum absolute atomic E-state index is 11.5. The van der Waals surface area contributed by atoms with Gasteiger partial charge in [-0.1, -0.05) is 5.16 Å². The Bertz CT molecular complexity index is 334. The number of amides is 1. The molecule has 0 aromatic carbocycles. The molecule has 0 saturated heterocycles. The first-order valence-electron chi connectivity index (χ1n) is 4.46. The van der Waals surface area contributed by atoms with Crippen molar-refractivity contribution in [1.82, 2.24) is 10.1 Å². The van der Waals surface area contributed by atoms with Crippen LogP contribution in [0.5, 0.6) is 0 Å². The van der Waals surface area contributed by atoms with Gasteiger partial charge in [0.05, 0.1) is 6.61 Å². The lowest BCUT2D eigenvalue weighted by molar-refractivity contribution is -0.143. The number of hydrogen-bond donors (Lipinski definition) is 0. The molecule has 1 aromatic heterocycles. The lowest BCUT2D eigenvalue weighted by Crippen LogP contribution is -2.33. The van der Waals surface area contributed by atoms with E-state index >= 15 is 0 Å². The van der Waals surface area contributed by atoms with Crippen molar-refractivity contribution in [2.24, 2.45) is 0 Å². The van der Waals surface area contributed by atoms with Gasteiger partial charge in [0.15, 0.2) is 5.69 Å². The van der Waals surface area contributed by atoms with E-state index in [0.717, 1.165) is 0 Å². The number of ether oxygens (including phenoxy) is 1. The molecule has 0 unspecified atom stereocenters. The molecule has 15 heavy (non-hydrogen) atoms. The Morgan fingerprint density at radius 2 is 2.33 bits per heavy atom. The molecule has 6 nitrogen and oxygen atoms in total. The molecule has 0 spiro atoms. The molecule has 6 heteroatoms. The minimum atomic E-state index is -0.447. The summed E-state index contributed by atoms with van der Waals surface area (Å²) < 4.78 is 9.23. The molecule has 0 fully saturated rings. The third-order valence-corrected chi connectivity index (χ3v) is 1.68. The van der Waals surface area contributed by atoms with E-state index in [-0.39, 0.29) is 18.1 Å². The van der Waals surface area contributed by atoms with Crippen LogP contribution in [0.1, 0.15) is 17.4 Å². The Morgan fingerprint density at radius 3 is 2.87 bits per heavy atom. The zero-order chi connectivity index (χ0) is 11.3. The van der Waals surface area contributed by atoms with E-state index in [0.29, 0.717) is 6.61 Å². The molecule has 0 aliphatic carbocycles. The fraction of sp³-hybridized carbons (Fsp3) is 0.444. The number of esters is 1. The molecule has 0 saturated carbocycles. The first-order chi connectivity index (χ1) is 7.15. The van der Waals surface area contributed by atoms with Gasteiger partial charge in [0.25, 0.3) is 5.91 Å². The van der Waals surface area contributed by atoms with Gasteiger partial charge in [-0.3, -0.25) is 9.59 Å². The highest BCUT2D eigenvalue weighted by atomic mass is 16.5. The van der Waals surface area contributed by atoms with Crippen LogP contribution in [0.3, 0.4) is 0 Å². The average Bonchev–Trinajstić information content (AvgIpc) is 2.69. The number of hydrogen-bond acceptors (Lipinski definition) is 5. The molecule has 1 aromatic rings. The summed E-state index contributed by atoms with van der Waals surface area (Å²) in [5.41, 5.74) is 0.168. The second-order valence-corrected chi connectivity index (χ2v) is 2.85. The van der Waals surface area contributed by atoms with Crippen LogP contribution < -0.4 is 0 Å². The summed E-state index contributed by atoms with van der Waals surface area (Å²) >= 11 is 0. The molecule has 0 aliphatic heterocycles. The van der Waals surface area contributed by atoms with Crippen LogP contribution in [-0.4, -0.2) is 42.1 Å². The van der Waals surface area contributed by atoms with Gasteiger partial charge < -0.3 is 14.2 Å². The van der Waals surface area contributed by atoms with Gasteiger partial charge in [0, 0.05) is 13.1 Å². The average molecular weight is 212 g/mol. The van der Waals surface area contributed by atoms with Gasteiger partial charge in [0.2, 0.25) is 0 Å². The maximum Gasteiger partial charge on any atom is 0.325 e. The third-order valence-electron chi connectivity index (χ3n) is 1.68. The topological polar surface area (TPSA) is 72.6 Å². The third kappa shape index (κ3) is 3.08. The predicted molar refractivity (Wildman–Crippen MR) is 50.1 cm³/mol. The zero-order valence-electron chi connectivity index (χ0n) is 8.60. The van der Waals surface area contributed by atoms with Gasteiger partial charge in [-0.15, -0.1) is 0 Å². The van der Waals surface area contributed by atoms with Crippen molar-refractivity contribution in [3.63, 3.8) is 0 Å². The van der Waals surface area contributed by atoms with Crippen LogP contribution in [0, 0.1) is 0 Å². The molecule has 0 aliphatic rings. The quantitative estimate of drug-likeness (QED) is 0.671. The second-order valence-electron chi connectivity index (χ2n) is 2.85. The lowest BCUT2D eigenvalue weighted by Gasteiger charge is -2.13. The number of carbonyl (C=O) groups excluding carboxylic acids is 2. The molecule has 1 amide bonds. The van der Waals surface area contributed by atoms with Crippen LogP contribution in [0.15, 0.2) is 16.9 Å². The predicted octanol–water partition coefficient (Wildman–Crippen LogP) is 0.310. The zero-order valence-corrected chi connectivity index (χ0v) is 8.60. The Morgan fingerprint density at radius 1 is 1.60 bits per heavy atom. The van der Waals surface area contributed by atoms with Crippen molar-refractivity contribution >= 4 is 11.9 Å². The normalized spacial score (nSPS) is 9.73. The van der Waals surface area contributed by atoms with E-state index in [1.165, 1.54) is 24.3 Å². The summed E-state index contributed by atoms with van der Waals surface area (Å²) in [7, 11) is 1.49. The first-order valence-corrected chi connectivity index (χ1v) is 4.46. The molecule has 0 N–H and O–H groups in total. The Kier molecular flexibility index (Phi) is 3.84. The molecular formula is C9H12N2O4. The molecule has 1 heterocycles. The highest BCUT2D eigenvalue weighted by molar-refractivity contribution is 5.93. The van der Waals surface area contributed by atoms with Gasteiger partial charge in [-0.2, -0.15) is 0 Å². The molecular weight excluding hydrogens is 200 g/mol. The van der Waals surface area contributed by atoms with Gasteiger partial charge in [-0.25, -0.2) is 0 Å². The summed E-state index contributed by atoms with van der Waals surface area (Å²) in [4.78, 5) is 23.8. The van der Waals surface area contributed by atoms with E-state index < -0.39 is 5.97 Å². The molecule has 0 radical (unpaired) electrons. The van der Waals surface area contributed by atoms with Gasteiger partial charge >= 0.3 is 5.97 Å². The summed E-state index contributed by atoms with van der Waals surface area (Å²) in [6.07, 6.45) is 1.30. The molecule has 82 valence electrons. The van der Waals surface area contributed by atoms with E-state index in [9.17, 15) is 9.59 Å². The van der Waals surface area contributed by atoms with Crippen LogP contribution in [0.2, 0.25) is 0 Å². The SMILES string of the molecule is CCOC(=O)CN(C)C(=O)c1ccon1. The standard InChI is InChI=1S/C9H12N2O4/c1-3-14-8(12)6-11(2)9(13)7-4-5-15-10-7/h4-5H,3,6H2,1-2H3. The van der Waals surface area contributed by atoms with Crippen LogP contribution in [0.4, 0.5) is 0 Å². The van der Waals surface area contributed by atoms with Crippen molar-refractivity contribution in [2.45, 2.75) is 6.92 Å². The van der Waals surface area contributed by atoms with Crippen LogP contribution in [0.25, 0.3) is 0 Å². The summed E-state index contributed by atoms with van der Waals surface area (Å²) in [5, 5.41) is 3.47. The van der Waals surface area contributed by atoms with E-state index in [1.807, 2.05) is 0 Å². The number of aromatic nitrogens is 1. The Labute approximate surface area is 86.8 Å². The fourth-order valence-electron chi connectivity index (χ4n) is 0.990. The van der Waals surface area contributed by atoms with Crippen LogP contribution in [-0.2, 0) is 9.53 Å². The largest absolute Gasteiger partial charge is 0.465 e. The summed E-state index contributed by atoms with van der Waals surface area (Å²) in [6.45, 7) is 1.90. The molecule has 1 rings (SSSR count). The van der Waals surface area contributed by atoms with E-state index in [1.54, 1.807) is 6.92 Å². The van der Waals surface area contributed by atoms with Crippen LogP contribution >= 0.6 is 0 Å². The smallest absolute Gasteiger partial charge is 0.325 e. The van der Waals surface area contributed by atoms with Crippen molar-refractivity contribution < 1.29 is 18.8 Å². The monoisotopic (exact) mass is 212 g/mol. The van der Waals surface area contributed by atoms with Crippen molar-refractivity contribution in [3.8, 4) is 0 Å². The minimum absolute atomic E-state index is 0.0977. The number of rotatable bonds is 4. The Hall–Kier alpha value is -1.85. The molecule has 0 bridgehead atoms. The van der Waals surface area contributed by atoms with Crippen molar-refractivity contribution in [2.75, 3.05) is 20.2 Å². The number of likely N-dealkylation sites (N-methyl/N-ethyl adjacent to an activating group) is 1. The maximum atomic E-state index is 11.5. The van der Waals surface area contributed by atoms with Crippen molar-refractivity contribution in [1.29, 1.82) is 0 Å². The van der Waals surface area contributed by atoms with Gasteiger partial charge in [-0.05, 0) is 6.92 Å². The highest BCUT2D eigenvalue weighted by Gasteiger charge is 2.17. The molecule has 0 atom stereocenters. The first kappa shape index (κ1) is 11.2. The number of nitrogens with zero attached hydrogens (tertiary/aromatic N) is 2. The highest BCUT2D eigenvalue weighted by Crippen LogP contribution is 1.99. The van der Waals surface area contributed by atoms with E-state index in [4.69, 9.17) is 4.74 Å². The van der Waals surface area contributed by atoms with E-state index in [2.05, 4.69) is 9.68 Å². The Balaban J connectivity index is 2.51.